The van der Waals surface area contributed by atoms with Gasteiger partial charge in [0.15, 0.2) is 5.96 Å². The van der Waals surface area contributed by atoms with Crippen LogP contribution in [0.4, 0.5) is 0 Å². The number of nitrogens with zero attached hydrogens (tertiary/aromatic N) is 2. The summed E-state index contributed by atoms with van der Waals surface area (Å²) >= 11 is 0. The zero-order chi connectivity index (χ0) is 22.8. The van der Waals surface area contributed by atoms with Crippen molar-refractivity contribution in [3.05, 3.63) is 65.2 Å². The van der Waals surface area contributed by atoms with Crippen molar-refractivity contribution in [3.8, 4) is 5.75 Å². The van der Waals surface area contributed by atoms with E-state index in [9.17, 15) is 4.79 Å². The largest absolute Gasteiger partial charge is 0.497 e. The number of rotatable bonds is 9. The van der Waals surface area contributed by atoms with Crippen LogP contribution in [0.5, 0.6) is 5.75 Å². The quantitative estimate of drug-likeness (QED) is 0.415. The Morgan fingerprint density at radius 2 is 1.72 bits per heavy atom. The zero-order valence-corrected chi connectivity index (χ0v) is 19.4. The van der Waals surface area contributed by atoms with Gasteiger partial charge in [0.25, 0.3) is 5.91 Å². The number of carbonyl (C=O) groups excluding carboxylic acids is 1. The topological polar surface area (TPSA) is 78.0 Å². The maximum absolute atomic E-state index is 11.9. The van der Waals surface area contributed by atoms with Crippen molar-refractivity contribution in [1.29, 1.82) is 0 Å². The molecule has 0 bridgehead atoms. The maximum Gasteiger partial charge on any atom is 0.251 e. The first-order chi connectivity index (χ1) is 15.6. The molecule has 7 nitrogen and oxygen atoms in total. The van der Waals surface area contributed by atoms with Crippen LogP contribution in [-0.2, 0) is 6.54 Å². The molecule has 3 rings (SSSR count). The number of hydrogen-bond donors (Lipinski definition) is 3. The molecule has 7 heteroatoms. The molecular weight excluding hydrogens is 402 g/mol. The van der Waals surface area contributed by atoms with Crippen molar-refractivity contribution in [1.82, 2.24) is 20.9 Å². The fourth-order valence-electron chi connectivity index (χ4n) is 3.97. The summed E-state index contributed by atoms with van der Waals surface area (Å²) in [6.45, 7) is 6.16. The minimum atomic E-state index is -0.0454. The number of carbonyl (C=O) groups is 1. The van der Waals surface area contributed by atoms with Gasteiger partial charge in [-0.3, -0.25) is 14.7 Å². The molecule has 2 aromatic carbocycles. The molecule has 172 valence electrons. The summed E-state index contributed by atoms with van der Waals surface area (Å²) in [7, 11) is 3.48. The Bertz CT molecular complexity index is 874. The molecular formula is C25H35N5O2. The molecule has 0 aliphatic carbocycles. The van der Waals surface area contributed by atoms with E-state index in [-0.39, 0.29) is 11.9 Å². The van der Waals surface area contributed by atoms with Crippen LogP contribution in [0, 0.1) is 0 Å². The molecule has 1 aliphatic heterocycles. The molecule has 32 heavy (non-hydrogen) atoms. The van der Waals surface area contributed by atoms with Gasteiger partial charge in [-0.1, -0.05) is 24.3 Å². The SMILES string of the molecule is CCNC(=O)c1ccc(CNC(=NC)NCC(c2ccc(OC)cc2)N2CCCC2)cc1. The van der Waals surface area contributed by atoms with Crippen LogP contribution in [0.25, 0.3) is 0 Å². The Labute approximate surface area is 191 Å². The summed E-state index contributed by atoms with van der Waals surface area (Å²) in [5.41, 5.74) is 3.04. The highest BCUT2D eigenvalue weighted by atomic mass is 16.5. The lowest BCUT2D eigenvalue weighted by Crippen LogP contribution is -2.42. The number of hydrogen-bond acceptors (Lipinski definition) is 4. The van der Waals surface area contributed by atoms with Gasteiger partial charge >= 0.3 is 0 Å². The molecule has 1 aliphatic rings. The van der Waals surface area contributed by atoms with Crippen LogP contribution in [0.1, 0.15) is 47.3 Å². The Balaban J connectivity index is 1.57. The first-order valence-corrected chi connectivity index (χ1v) is 11.3. The zero-order valence-electron chi connectivity index (χ0n) is 19.4. The predicted octanol–water partition coefficient (Wildman–Crippen LogP) is 2.95. The van der Waals surface area contributed by atoms with Crippen molar-refractivity contribution in [2.24, 2.45) is 4.99 Å². The molecule has 1 unspecified atom stereocenters. The molecule has 0 aromatic heterocycles. The van der Waals surface area contributed by atoms with E-state index in [2.05, 4.69) is 38.0 Å². The van der Waals surface area contributed by atoms with Crippen LogP contribution in [0.15, 0.2) is 53.5 Å². The molecule has 1 heterocycles. The molecule has 1 saturated heterocycles. The van der Waals surface area contributed by atoms with E-state index >= 15 is 0 Å². The third kappa shape index (κ3) is 6.47. The summed E-state index contributed by atoms with van der Waals surface area (Å²) in [6, 6.07) is 16.3. The van der Waals surface area contributed by atoms with E-state index in [4.69, 9.17) is 4.74 Å². The van der Waals surface area contributed by atoms with E-state index in [1.54, 1.807) is 14.2 Å². The van der Waals surface area contributed by atoms with E-state index in [0.717, 1.165) is 36.9 Å². The van der Waals surface area contributed by atoms with Gasteiger partial charge in [0.2, 0.25) is 0 Å². The lowest BCUT2D eigenvalue weighted by molar-refractivity contribution is 0.0956. The molecule has 0 spiro atoms. The molecule has 1 fully saturated rings. The molecule has 3 N–H and O–H groups in total. The predicted molar refractivity (Wildman–Crippen MR) is 129 cm³/mol. The maximum atomic E-state index is 11.9. The summed E-state index contributed by atoms with van der Waals surface area (Å²) in [5.74, 6) is 1.59. The highest BCUT2D eigenvalue weighted by Gasteiger charge is 2.23. The molecule has 2 aromatic rings. The number of amides is 1. The van der Waals surface area contributed by atoms with Crippen LogP contribution in [0.2, 0.25) is 0 Å². The Morgan fingerprint density at radius 1 is 1.03 bits per heavy atom. The van der Waals surface area contributed by atoms with Crippen molar-refractivity contribution in [2.75, 3.05) is 40.3 Å². The van der Waals surface area contributed by atoms with Gasteiger partial charge in [-0.05, 0) is 68.2 Å². The van der Waals surface area contributed by atoms with Crippen LogP contribution < -0.4 is 20.7 Å². The standard InChI is InChI=1S/C25H35N5O2/c1-4-27-24(31)21-9-7-19(8-10-21)17-28-25(26-2)29-18-23(30-15-5-6-16-30)20-11-13-22(32-3)14-12-20/h7-14,23H,4-6,15-18H2,1-3H3,(H,27,31)(H2,26,28,29). The van der Waals surface area contributed by atoms with Crippen molar-refractivity contribution < 1.29 is 9.53 Å². The number of likely N-dealkylation sites (tertiary alicyclic amines) is 1. The Morgan fingerprint density at radius 3 is 2.31 bits per heavy atom. The first-order valence-electron chi connectivity index (χ1n) is 11.3. The average Bonchev–Trinajstić information content (AvgIpc) is 3.36. The van der Waals surface area contributed by atoms with E-state index in [1.807, 2.05) is 43.3 Å². The van der Waals surface area contributed by atoms with Crippen LogP contribution in [0.3, 0.4) is 0 Å². The highest BCUT2D eigenvalue weighted by Crippen LogP contribution is 2.26. The monoisotopic (exact) mass is 437 g/mol. The lowest BCUT2D eigenvalue weighted by Gasteiger charge is -2.29. The summed E-state index contributed by atoms with van der Waals surface area (Å²) in [6.07, 6.45) is 2.48. The van der Waals surface area contributed by atoms with Crippen molar-refractivity contribution >= 4 is 11.9 Å². The third-order valence-electron chi connectivity index (χ3n) is 5.78. The van der Waals surface area contributed by atoms with Crippen LogP contribution in [-0.4, -0.2) is 57.1 Å². The third-order valence-corrected chi connectivity index (χ3v) is 5.78. The van der Waals surface area contributed by atoms with Gasteiger partial charge < -0.3 is 20.7 Å². The van der Waals surface area contributed by atoms with Gasteiger partial charge in [-0.2, -0.15) is 0 Å². The van der Waals surface area contributed by atoms with E-state index in [0.29, 0.717) is 18.7 Å². The van der Waals surface area contributed by atoms with Crippen molar-refractivity contribution in [3.63, 3.8) is 0 Å². The first kappa shape index (κ1) is 23.6. The minimum absolute atomic E-state index is 0.0454. The van der Waals surface area contributed by atoms with Gasteiger partial charge in [0, 0.05) is 32.2 Å². The Kier molecular flexibility index (Phi) is 8.92. The van der Waals surface area contributed by atoms with Gasteiger partial charge in [0.1, 0.15) is 5.75 Å². The second-order valence-corrected chi connectivity index (χ2v) is 7.90. The van der Waals surface area contributed by atoms with Crippen molar-refractivity contribution in [2.45, 2.75) is 32.4 Å². The molecule has 0 radical (unpaired) electrons. The highest BCUT2D eigenvalue weighted by molar-refractivity contribution is 5.94. The smallest absolute Gasteiger partial charge is 0.251 e. The summed E-state index contributed by atoms with van der Waals surface area (Å²) < 4.78 is 5.32. The average molecular weight is 438 g/mol. The second-order valence-electron chi connectivity index (χ2n) is 7.90. The fraction of sp³-hybridized carbons (Fsp3) is 0.440. The van der Waals surface area contributed by atoms with Gasteiger partial charge in [-0.15, -0.1) is 0 Å². The van der Waals surface area contributed by atoms with E-state index < -0.39 is 0 Å². The number of ether oxygens (including phenoxy) is 1. The number of nitrogens with one attached hydrogen (secondary N) is 3. The van der Waals surface area contributed by atoms with Gasteiger partial charge in [-0.25, -0.2) is 0 Å². The molecule has 1 atom stereocenters. The fourth-order valence-corrected chi connectivity index (χ4v) is 3.97. The lowest BCUT2D eigenvalue weighted by atomic mass is 10.1. The normalized spacial score (nSPS) is 15.3. The Hall–Kier alpha value is -3.06. The molecule has 0 saturated carbocycles. The summed E-state index contributed by atoms with van der Waals surface area (Å²) in [5, 5.41) is 9.68. The molecule has 1 amide bonds. The minimum Gasteiger partial charge on any atom is -0.497 e. The van der Waals surface area contributed by atoms with E-state index in [1.165, 1.54) is 18.4 Å². The number of methoxy groups -OCH3 is 1. The van der Waals surface area contributed by atoms with Gasteiger partial charge in [0.05, 0.1) is 13.2 Å². The summed E-state index contributed by atoms with van der Waals surface area (Å²) in [4.78, 5) is 18.8. The number of aliphatic imine (C=N–C) groups is 1. The number of guanidine groups is 1. The second kappa shape index (κ2) is 12.1. The number of benzene rings is 2. The van der Waals surface area contributed by atoms with Crippen LogP contribution >= 0.6 is 0 Å².